The predicted octanol–water partition coefficient (Wildman–Crippen LogP) is 9.42. The maximum Gasteiger partial charge on any atom is 0.335 e. The van der Waals surface area contributed by atoms with Crippen molar-refractivity contribution in [3.63, 3.8) is 0 Å². The maximum absolute atomic E-state index is 12.6. The molecule has 46 heavy (non-hydrogen) atoms. The largest absolute Gasteiger partial charge is 0.335 e. The number of hydrogen-bond acceptors (Lipinski definition) is 10. The molecule has 0 bridgehead atoms. The third-order valence-electron chi connectivity index (χ3n) is 6.78. The number of unbranched alkanes of at least 4 members (excludes halogenated alkanes) is 6. The lowest BCUT2D eigenvalue weighted by Gasteiger charge is -2.12. The molecule has 250 valence electrons. The van der Waals surface area contributed by atoms with E-state index in [1.54, 1.807) is 11.8 Å². The molecule has 0 amide bonds. The number of hydrogen-bond donors (Lipinski definition) is 0. The van der Waals surface area contributed by atoms with Crippen LogP contribution < -0.4 is 0 Å². The van der Waals surface area contributed by atoms with Crippen LogP contribution in [0.5, 0.6) is 0 Å². The third kappa shape index (κ3) is 15.5. The molecule has 2 rings (SSSR count). The van der Waals surface area contributed by atoms with Crippen molar-refractivity contribution >= 4 is 46.8 Å². The second-order valence-electron chi connectivity index (χ2n) is 10.9. The van der Waals surface area contributed by atoms with Crippen molar-refractivity contribution in [2.75, 3.05) is 0 Å². The number of oxime groups is 3. The van der Waals surface area contributed by atoms with Crippen LogP contribution in [0.15, 0.2) is 79.9 Å². The van der Waals surface area contributed by atoms with E-state index in [0.29, 0.717) is 37.7 Å². The Labute approximate surface area is 278 Å². The molecule has 0 fully saturated rings. The number of rotatable bonds is 22. The summed E-state index contributed by atoms with van der Waals surface area (Å²) in [6.45, 7) is 8.10. The van der Waals surface area contributed by atoms with E-state index in [-0.39, 0.29) is 36.4 Å². The number of carbonyl (C=O) groups is 3. The van der Waals surface area contributed by atoms with E-state index < -0.39 is 17.9 Å². The molecule has 0 atom stereocenters. The average Bonchev–Trinajstić information content (AvgIpc) is 3.06. The van der Waals surface area contributed by atoms with Gasteiger partial charge in [-0.05, 0) is 49.9 Å². The highest BCUT2D eigenvalue weighted by Crippen LogP contribution is 2.27. The summed E-state index contributed by atoms with van der Waals surface area (Å²) in [5.74, 6) is -1.47. The van der Waals surface area contributed by atoms with Gasteiger partial charge in [0, 0.05) is 34.6 Å². The highest BCUT2D eigenvalue weighted by atomic mass is 32.2. The van der Waals surface area contributed by atoms with E-state index in [9.17, 15) is 14.4 Å². The summed E-state index contributed by atoms with van der Waals surface area (Å²) in [7, 11) is 0. The summed E-state index contributed by atoms with van der Waals surface area (Å²) in [4.78, 5) is 55.8. The number of nitrogens with zero attached hydrogens (tertiary/aromatic N) is 3. The van der Waals surface area contributed by atoms with Gasteiger partial charge >= 0.3 is 17.9 Å². The van der Waals surface area contributed by atoms with Gasteiger partial charge in [0.2, 0.25) is 0 Å². The summed E-state index contributed by atoms with van der Waals surface area (Å²) in [5, 5.41) is 12.6. The third-order valence-corrected chi connectivity index (χ3v) is 7.80. The zero-order valence-electron chi connectivity index (χ0n) is 27.8. The summed E-state index contributed by atoms with van der Waals surface area (Å²) in [6.07, 6.45) is 9.19. The molecule has 0 radical (unpaired) electrons. The van der Waals surface area contributed by atoms with Crippen LogP contribution in [0.1, 0.15) is 123 Å². The molecule has 0 aliphatic rings. The van der Waals surface area contributed by atoms with Crippen LogP contribution in [0.4, 0.5) is 0 Å². The van der Waals surface area contributed by atoms with E-state index in [0.717, 1.165) is 48.3 Å². The van der Waals surface area contributed by atoms with Gasteiger partial charge in [-0.15, -0.1) is 0 Å². The quantitative estimate of drug-likeness (QED) is 0.0539. The minimum absolute atomic E-state index is 0.0527. The van der Waals surface area contributed by atoms with Gasteiger partial charge in [-0.25, -0.2) is 14.4 Å². The van der Waals surface area contributed by atoms with E-state index in [1.165, 1.54) is 0 Å². The van der Waals surface area contributed by atoms with Crippen molar-refractivity contribution in [2.24, 2.45) is 15.5 Å². The molecule has 0 heterocycles. The van der Waals surface area contributed by atoms with Crippen LogP contribution in [-0.2, 0) is 28.9 Å². The van der Waals surface area contributed by atoms with Crippen LogP contribution in [0.25, 0.3) is 0 Å². The fourth-order valence-electron chi connectivity index (χ4n) is 4.21. The molecule has 0 saturated heterocycles. The molecule has 9 nitrogen and oxygen atoms in total. The molecule has 0 unspecified atom stereocenters. The topological polar surface area (TPSA) is 116 Å². The number of benzene rings is 2. The Bertz CT molecular complexity index is 1290. The highest BCUT2D eigenvalue weighted by molar-refractivity contribution is 7.99. The first kappa shape index (κ1) is 38.4. The number of carbonyl (C=O) groups excluding carboxylic acids is 3. The normalized spacial score (nSPS) is 12.1. The molecule has 0 aliphatic carbocycles. The summed E-state index contributed by atoms with van der Waals surface area (Å²) in [5.41, 5.74) is 0.987. The fourth-order valence-corrected chi connectivity index (χ4v) is 5.05. The molecule has 0 N–H and O–H groups in total. The van der Waals surface area contributed by atoms with Crippen molar-refractivity contribution in [1.82, 2.24) is 0 Å². The Balaban J connectivity index is 2.54. The van der Waals surface area contributed by atoms with Crippen LogP contribution >= 0.6 is 11.8 Å². The Hall–Kier alpha value is -3.79. The van der Waals surface area contributed by atoms with Crippen LogP contribution in [0.3, 0.4) is 0 Å². The molecule has 10 heteroatoms. The minimum Gasteiger partial charge on any atom is -0.318 e. The van der Waals surface area contributed by atoms with E-state index in [1.807, 2.05) is 61.5 Å². The van der Waals surface area contributed by atoms with Crippen LogP contribution in [0.2, 0.25) is 0 Å². The van der Waals surface area contributed by atoms with Crippen LogP contribution in [0, 0.1) is 0 Å². The molecule has 0 spiro atoms. The lowest BCUT2D eigenvalue weighted by molar-refractivity contribution is -0.144. The average molecular weight is 652 g/mol. The Morgan fingerprint density at radius 2 is 1.02 bits per heavy atom. The Morgan fingerprint density at radius 3 is 1.52 bits per heavy atom. The molecule has 2 aromatic rings. The zero-order chi connectivity index (χ0) is 33.4. The molecule has 0 aliphatic heterocycles. The summed E-state index contributed by atoms with van der Waals surface area (Å²) < 4.78 is 0. The lowest BCUT2D eigenvalue weighted by Crippen LogP contribution is -2.28. The van der Waals surface area contributed by atoms with Crippen molar-refractivity contribution < 1.29 is 28.9 Å². The van der Waals surface area contributed by atoms with Gasteiger partial charge in [-0.3, -0.25) is 0 Å². The maximum atomic E-state index is 12.6. The standard InChI is InChI=1S/C36H49N3O6S/c1-5-9-13-21-32(40)43-37-31(18-8-4)36(39-45-34(42)23-15-11-7-3)35(38-44-33(41)22-14-10-6-2)28-24-26-30(27-25-28)46-29-19-16-12-17-20-29/h12,16-17,19-20,24-27H,5-11,13-15,18,21-23H2,1-4H3/b37-31+,38-35+,39-36+. The first-order valence-electron chi connectivity index (χ1n) is 16.6. The van der Waals surface area contributed by atoms with Crippen molar-refractivity contribution in [3.8, 4) is 0 Å². The molecule has 2 aromatic carbocycles. The molecular formula is C36H49N3O6S. The second-order valence-corrected chi connectivity index (χ2v) is 12.0. The molecular weight excluding hydrogens is 602 g/mol. The van der Waals surface area contributed by atoms with Crippen LogP contribution in [-0.4, -0.2) is 35.0 Å². The van der Waals surface area contributed by atoms with Gasteiger partial charge in [0.15, 0.2) is 5.71 Å². The summed E-state index contributed by atoms with van der Waals surface area (Å²) in [6, 6.07) is 17.5. The molecule has 0 aromatic heterocycles. The fraction of sp³-hybridized carbons (Fsp3) is 0.500. The van der Waals surface area contributed by atoms with Gasteiger partial charge in [-0.2, -0.15) is 0 Å². The van der Waals surface area contributed by atoms with Crippen molar-refractivity contribution in [3.05, 3.63) is 60.2 Å². The predicted molar refractivity (Wildman–Crippen MR) is 184 cm³/mol. The van der Waals surface area contributed by atoms with Gasteiger partial charge in [0.1, 0.15) is 11.4 Å². The van der Waals surface area contributed by atoms with Gasteiger partial charge in [0.25, 0.3) is 0 Å². The van der Waals surface area contributed by atoms with E-state index in [4.69, 9.17) is 14.5 Å². The minimum atomic E-state index is -0.510. The smallest absolute Gasteiger partial charge is 0.318 e. The second kappa shape index (κ2) is 23.5. The van der Waals surface area contributed by atoms with Crippen molar-refractivity contribution in [2.45, 2.75) is 127 Å². The molecule has 0 saturated carbocycles. The monoisotopic (exact) mass is 651 g/mol. The first-order chi connectivity index (χ1) is 22.4. The zero-order valence-corrected chi connectivity index (χ0v) is 28.6. The van der Waals surface area contributed by atoms with E-state index >= 15 is 0 Å². The van der Waals surface area contributed by atoms with Gasteiger partial charge in [0.05, 0.1) is 0 Å². The SMILES string of the molecule is CCCCCC(=O)O/N=C(CCC)/C(=N\OC(=O)CCCCC)C(=N/OC(=O)CCCCC)/c1ccc(Sc2ccccc2)cc1. The van der Waals surface area contributed by atoms with E-state index in [2.05, 4.69) is 36.2 Å². The van der Waals surface area contributed by atoms with Crippen molar-refractivity contribution in [1.29, 1.82) is 0 Å². The van der Waals surface area contributed by atoms with Gasteiger partial charge < -0.3 is 14.5 Å². The Morgan fingerprint density at radius 1 is 0.543 bits per heavy atom. The lowest BCUT2D eigenvalue weighted by atomic mass is 10.0. The highest BCUT2D eigenvalue weighted by Gasteiger charge is 2.23. The summed E-state index contributed by atoms with van der Waals surface area (Å²) >= 11 is 1.60. The Kier molecular flexibility index (Phi) is 19.6. The first-order valence-corrected chi connectivity index (χ1v) is 17.4. The van der Waals surface area contributed by atoms with Gasteiger partial charge in [-0.1, -0.05) is 130 Å².